The summed E-state index contributed by atoms with van der Waals surface area (Å²) in [6.45, 7) is -0.515. The molecular weight excluding hydrogens is 432 g/mol. The van der Waals surface area contributed by atoms with Crippen LogP contribution in [0.1, 0.15) is 31.8 Å². The molecule has 0 saturated carbocycles. The summed E-state index contributed by atoms with van der Waals surface area (Å²) in [7, 11) is -2.30. The molecule has 1 aliphatic carbocycles. The summed E-state index contributed by atoms with van der Waals surface area (Å²) in [6, 6.07) is 13.8. The number of hydrogen-bond acceptors (Lipinski definition) is 8. The summed E-state index contributed by atoms with van der Waals surface area (Å²) >= 11 is 0. The Morgan fingerprint density at radius 1 is 0.938 bits per heavy atom. The molecule has 164 valence electrons. The van der Waals surface area contributed by atoms with Gasteiger partial charge in [0.2, 0.25) is 0 Å². The Kier molecular flexibility index (Phi) is 5.45. The minimum absolute atomic E-state index is 0.0214. The lowest BCUT2D eigenvalue weighted by atomic mass is 9.82. The van der Waals surface area contributed by atoms with E-state index in [9.17, 15) is 18.0 Å². The number of anilines is 3. The van der Waals surface area contributed by atoms with Crippen LogP contribution < -0.4 is 15.8 Å². The van der Waals surface area contributed by atoms with Crippen molar-refractivity contribution in [3.05, 3.63) is 76.9 Å². The highest BCUT2D eigenvalue weighted by atomic mass is 32.2. The predicted molar refractivity (Wildman–Crippen MR) is 120 cm³/mol. The average molecular weight is 452 g/mol. The van der Waals surface area contributed by atoms with E-state index in [2.05, 4.69) is 5.32 Å². The van der Waals surface area contributed by atoms with Crippen molar-refractivity contribution in [1.82, 2.24) is 0 Å². The van der Waals surface area contributed by atoms with Gasteiger partial charge in [0.05, 0.1) is 46.9 Å². The van der Waals surface area contributed by atoms with E-state index >= 15 is 0 Å². The van der Waals surface area contributed by atoms with Gasteiger partial charge in [-0.15, -0.1) is 0 Å². The first-order chi connectivity index (χ1) is 15.3. The van der Waals surface area contributed by atoms with E-state index in [4.69, 9.17) is 15.6 Å². The van der Waals surface area contributed by atoms with Crippen LogP contribution in [0.3, 0.4) is 0 Å². The van der Waals surface area contributed by atoms with E-state index < -0.39 is 22.2 Å². The lowest BCUT2D eigenvalue weighted by Crippen LogP contribution is -2.23. The Hall–Kier alpha value is -3.69. The molecule has 9 heteroatoms. The van der Waals surface area contributed by atoms with Crippen LogP contribution in [-0.4, -0.2) is 44.6 Å². The first-order valence-electron chi connectivity index (χ1n) is 9.68. The number of aliphatic hydroxyl groups is 1. The maximum atomic E-state index is 13.3. The number of aliphatic hydroxyl groups excluding tert-OH is 1. The molecule has 1 aliphatic rings. The zero-order chi connectivity index (χ0) is 23.0. The van der Waals surface area contributed by atoms with E-state index in [1.54, 1.807) is 30.3 Å². The van der Waals surface area contributed by atoms with Crippen LogP contribution in [0.15, 0.2) is 59.5 Å². The number of fused-ring (bicyclic) bond motifs is 2. The molecule has 0 saturated heterocycles. The predicted octanol–water partition coefficient (Wildman–Crippen LogP) is 2.56. The zero-order valence-corrected chi connectivity index (χ0v) is 17.9. The van der Waals surface area contributed by atoms with Gasteiger partial charge in [0.15, 0.2) is 21.4 Å². The highest BCUT2D eigenvalue weighted by molar-refractivity contribution is 7.91. The van der Waals surface area contributed by atoms with Crippen molar-refractivity contribution < 1.29 is 27.9 Å². The Morgan fingerprint density at radius 2 is 1.59 bits per heavy atom. The van der Waals surface area contributed by atoms with Gasteiger partial charge in [-0.25, -0.2) is 8.42 Å². The number of nitrogens with two attached hydrogens (primary N) is 1. The SMILES string of the molecule is COc1ccc(S(=O)(=O)CCO)cc1Nc1ccc(N)c2c1C(=O)c1ccccc1C2=O. The number of ether oxygens (including phenoxy) is 1. The van der Waals surface area contributed by atoms with Crippen LogP contribution in [0.2, 0.25) is 0 Å². The van der Waals surface area contributed by atoms with Crippen LogP contribution in [0.4, 0.5) is 17.1 Å². The number of carbonyl (C=O) groups is 2. The molecule has 0 heterocycles. The van der Waals surface area contributed by atoms with E-state index in [0.717, 1.165) is 0 Å². The molecule has 0 fully saturated rings. The lowest BCUT2D eigenvalue weighted by molar-refractivity contribution is 0.0980. The summed E-state index contributed by atoms with van der Waals surface area (Å²) in [5.41, 5.74) is 7.55. The fourth-order valence-corrected chi connectivity index (χ4v) is 4.76. The molecule has 3 aromatic carbocycles. The fraction of sp³-hybridized carbons (Fsp3) is 0.130. The van der Waals surface area contributed by atoms with Crippen molar-refractivity contribution in [2.45, 2.75) is 4.90 Å². The molecule has 0 unspecified atom stereocenters. The van der Waals surface area contributed by atoms with Crippen molar-refractivity contribution in [3.8, 4) is 5.75 Å². The summed E-state index contributed by atoms with van der Waals surface area (Å²) in [4.78, 5) is 26.3. The number of ketones is 2. The average Bonchev–Trinajstić information content (AvgIpc) is 2.78. The Labute approximate surface area is 184 Å². The second-order valence-electron chi connectivity index (χ2n) is 7.19. The van der Waals surface area contributed by atoms with Crippen molar-refractivity contribution in [3.63, 3.8) is 0 Å². The van der Waals surface area contributed by atoms with Crippen LogP contribution in [-0.2, 0) is 9.84 Å². The van der Waals surface area contributed by atoms with Gasteiger partial charge >= 0.3 is 0 Å². The molecule has 0 aliphatic heterocycles. The third-order valence-electron chi connectivity index (χ3n) is 5.27. The first-order valence-corrected chi connectivity index (χ1v) is 11.3. The number of sulfone groups is 1. The highest BCUT2D eigenvalue weighted by Gasteiger charge is 2.33. The van der Waals surface area contributed by atoms with Crippen molar-refractivity contribution in [1.29, 1.82) is 0 Å². The summed E-state index contributed by atoms with van der Waals surface area (Å²) in [5, 5.41) is 12.1. The van der Waals surface area contributed by atoms with Crippen LogP contribution >= 0.6 is 0 Å². The maximum absolute atomic E-state index is 13.3. The van der Waals surface area contributed by atoms with Crippen LogP contribution in [0, 0.1) is 0 Å². The monoisotopic (exact) mass is 452 g/mol. The van der Waals surface area contributed by atoms with Crippen molar-refractivity contribution in [2.24, 2.45) is 0 Å². The first kappa shape index (κ1) is 21.5. The second-order valence-corrected chi connectivity index (χ2v) is 9.29. The minimum atomic E-state index is -3.72. The smallest absolute Gasteiger partial charge is 0.196 e. The van der Waals surface area contributed by atoms with E-state index in [0.29, 0.717) is 5.75 Å². The van der Waals surface area contributed by atoms with Gasteiger partial charge in [-0.2, -0.15) is 0 Å². The Bertz CT molecular complexity index is 1360. The van der Waals surface area contributed by atoms with Gasteiger partial charge in [0.1, 0.15) is 5.75 Å². The van der Waals surface area contributed by atoms with Gasteiger partial charge in [-0.1, -0.05) is 24.3 Å². The number of benzene rings is 3. The topological polar surface area (TPSA) is 136 Å². The quantitative estimate of drug-likeness (QED) is 0.380. The normalized spacial score (nSPS) is 12.8. The number of rotatable bonds is 6. The molecule has 4 rings (SSSR count). The number of nitrogens with one attached hydrogen (secondary N) is 1. The third kappa shape index (κ3) is 3.51. The molecule has 0 aromatic heterocycles. The van der Waals surface area contributed by atoms with E-state index in [1.807, 2.05) is 0 Å². The largest absolute Gasteiger partial charge is 0.495 e. The summed E-state index contributed by atoms with van der Waals surface area (Å²) in [6.07, 6.45) is 0. The molecule has 0 spiro atoms. The Balaban J connectivity index is 1.86. The third-order valence-corrected chi connectivity index (χ3v) is 6.96. The molecule has 0 atom stereocenters. The van der Waals surface area contributed by atoms with Gasteiger partial charge in [-0.3, -0.25) is 9.59 Å². The van der Waals surface area contributed by atoms with Crippen molar-refractivity contribution >= 4 is 38.5 Å². The molecule has 32 heavy (non-hydrogen) atoms. The zero-order valence-electron chi connectivity index (χ0n) is 17.1. The fourth-order valence-electron chi connectivity index (χ4n) is 3.71. The Morgan fingerprint density at radius 3 is 2.22 bits per heavy atom. The molecular formula is C23H20N2O6S. The molecule has 0 amide bonds. The number of carbonyl (C=O) groups excluding carboxylic acids is 2. The number of nitrogen functional groups attached to an aromatic ring is 1. The number of hydrogen-bond donors (Lipinski definition) is 3. The number of methoxy groups -OCH3 is 1. The minimum Gasteiger partial charge on any atom is -0.495 e. The van der Waals surface area contributed by atoms with Crippen LogP contribution in [0.5, 0.6) is 5.75 Å². The summed E-state index contributed by atoms with van der Waals surface area (Å²) < 4.78 is 30.1. The molecule has 8 nitrogen and oxygen atoms in total. The van der Waals surface area contributed by atoms with E-state index in [1.165, 1.54) is 31.4 Å². The molecule has 0 bridgehead atoms. The van der Waals surface area contributed by atoms with Crippen molar-refractivity contribution in [2.75, 3.05) is 30.5 Å². The van der Waals surface area contributed by atoms with Gasteiger partial charge < -0.3 is 20.9 Å². The van der Waals surface area contributed by atoms with Gasteiger partial charge in [-0.05, 0) is 30.3 Å². The van der Waals surface area contributed by atoms with Gasteiger partial charge in [0.25, 0.3) is 0 Å². The second kappa shape index (κ2) is 8.10. The highest BCUT2D eigenvalue weighted by Crippen LogP contribution is 2.38. The van der Waals surface area contributed by atoms with Gasteiger partial charge in [0, 0.05) is 16.8 Å². The molecule has 0 radical (unpaired) electrons. The standard InChI is InChI=1S/C23H20N2O6S/c1-31-19-9-6-13(32(29,30)11-10-26)12-18(19)25-17-8-7-16(24)20-21(17)23(28)15-5-3-2-4-14(15)22(20)27/h2-9,12,25-26H,10-11,24H2,1H3. The van der Waals surface area contributed by atoms with Crippen LogP contribution in [0.25, 0.3) is 0 Å². The molecule has 4 N–H and O–H groups in total. The maximum Gasteiger partial charge on any atom is 0.196 e. The summed E-state index contributed by atoms with van der Waals surface area (Å²) in [5.74, 6) is -0.830. The molecule has 3 aromatic rings. The lowest BCUT2D eigenvalue weighted by Gasteiger charge is -2.23. The van der Waals surface area contributed by atoms with E-state index in [-0.39, 0.29) is 55.8 Å².